The fourth-order valence-electron chi connectivity index (χ4n) is 3.99. The highest BCUT2D eigenvalue weighted by molar-refractivity contribution is 5.96. The van der Waals surface area contributed by atoms with Crippen LogP contribution < -0.4 is 0 Å². The second kappa shape index (κ2) is 7.46. The normalized spacial score (nSPS) is 19.7. The number of nitrogens with zero attached hydrogens (tertiary/aromatic N) is 1. The Morgan fingerprint density at radius 1 is 1.07 bits per heavy atom. The number of likely N-dealkylation sites (tertiary alicyclic amines) is 1. The molecular weight excluding hydrogens is 381 g/mol. The largest absolute Gasteiger partial charge is 0.416 e. The molecule has 0 atom stereocenters. The number of piperidine rings is 1. The molecule has 7 heteroatoms. The van der Waals surface area contributed by atoms with Crippen LogP contribution in [0, 0.1) is 5.41 Å². The van der Waals surface area contributed by atoms with Gasteiger partial charge in [0.15, 0.2) is 0 Å². The second-order valence-corrected chi connectivity index (χ2v) is 7.83. The number of alkyl halides is 3. The third kappa shape index (κ3) is 4.02. The first-order valence-electron chi connectivity index (χ1n) is 9.68. The van der Waals surface area contributed by atoms with Crippen LogP contribution in [0.25, 0.3) is 0 Å². The van der Waals surface area contributed by atoms with Gasteiger partial charge in [0.25, 0.3) is 0 Å². The van der Waals surface area contributed by atoms with Crippen LogP contribution in [-0.2, 0) is 16.5 Å². The highest BCUT2D eigenvalue weighted by Gasteiger charge is 2.38. The van der Waals surface area contributed by atoms with Gasteiger partial charge in [-0.3, -0.25) is 5.41 Å². The quantitative estimate of drug-likeness (QED) is 0.598. The molecule has 0 aromatic heterocycles. The van der Waals surface area contributed by atoms with Gasteiger partial charge in [0, 0.05) is 18.7 Å². The first-order chi connectivity index (χ1) is 13.8. The Balaban J connectivity index is 1.39. The summed E-state index contributed by atoms with van der Waals surface area (Å²) in [7, 11) is 0. The molecule has 0 radical (unpaired) electrons. The Labute approximate surface area is 167 Å². The van der Waals surface area contributed by atoms with Crippen molar-refractivity contribution in [1.29, 1.82) is 5.41 Å². The highest BCUT2D eigenvalue weighted by atomic mass is 19.4. The van der Waals surface area contributed by atoms with E-state index in [0.717, 1.165) is 17.2 Å². The van der Waals surface area contributed by atoms with E-state index in [1.54, 1.807) is 6.07 Å². The summed E-state index contributed by atoms with van der Waals surface area (Å²) in [4.78, 5) is 1.96. The molecule has 0 saturated carbocycles. The predicted molar refractivity (Wildman–Crippen MR) is 103 cm³/mol. The van der Waals surface area contributed by atoms with Gasteiger partial charge in [-0.25, -0.2) is 0 Å². The Hall–Kier alpha value is -2.38. The molecule has 2 fully saturated rings. The maximum absolute atomic E-state index is 13.0. The Morgan fingerprint density at radius 3 is 2.28 bits per heavy atom. The Morgan fingerprint density at radius 2 is 1.72 bits per heavy atom. The standard InChI is InChI=1S/C22H23F3N2O2/c23-22(24,25)19-3-1-2-17(12-19)15-8-10-27(11-9-15)20(26)16-4-6-18(7-5-16)21(28)13-29-14-21/h1-7,12,15,26,28H,8-11,13-14H2. The van der Waals surface area contributed by atoms with Crippen molar-refractivity contribution in [3.63, 3.8) is 0 Å². The minimum atomic E-state index is -4.33. The van der Waals surface area contributed by atoms with Crippen molar-refractivity contribution in [1.82, 2.24) is 4.90 Å². The maximum atomic E-state index is 13.0. The first kappa shape index (κ1) is 19.9. The molecule has 2 aromatic rings. The van der Waals surface area contributed by atoms with E-state index in [0.29, 0.717) is 37.3 Å². The molecule has 2 heterocycles. The van der Waals surface area contributed by atoms with E-state index >= 15 is 0 Å². The van der Waals surface area contributed by atoms with Crippen molar-refractivity contribution in [2.24, 2.45) is 0 Å². The molecule has 2 N–H and O–H groups in total. The highest BCUT2D eigenvalue weighted by Crippen LogP contribution is 2.34. The van der Waals surface area contributed by atoms with Crippen LogP contribution in [0.15, 0.2) is 48.5 Å². The number of nitrogens with one attached hydrogen (secondary N) is 1. The molecule has 2 aromatic carbocycles. The van der Waals surface area contributed by atoms with E-state index in [4.69, 9.17) is 10.1 Å². The van der Waals surface area contributed by atoms with Crippen LogP contribution >= 0.6 is 0 Å². The van der Waals surface area contributed by atoms with Gasteiger partial charge in [-0.05, 0) is 36.0 Å². The molecule has 0 unspecified atom stereocenters. The van der Waals surface area contributed by atoms with Crippen molar-refractivity contribution < 1.29 is 23.0 Å². The molecule has 0 amide bonds. The monoisotopic (exact) mass is 404 g/mol. The lowest BCUT2D eigenvalue weighted by Gasteiger charge is -2.37. The van der Waals surface area contributed by atoms with Crippen LogP contribution in [0.2, 0.25) is 0 Å². The summed E-state index contributed by atoms with van der Waals surface area (Å²) < 4.78 is 44.0. The number of hydrogen-bond donors (Lipinski definition) is 2. The molecule has 154 valence electrons. The molecule has 4 rings (SSSR count). The van der Waals surface area contributed by atoms with E-state index in [1.807, 2.05) is 29.2 Å². The van der Waals surface area contributed by atoms with Gasteiger partial charge >= 0.3 is 6.18 Å². The van der Waals surface area contributed by atoms with Gasteiger partial charge in [0.2, 0.25) is 0 Å². The molecular formula is C22H23F3N2O2. The van der Waals surface area contributed by atoms with E-state index in [2.05, 4.69) is 0 Å². The molecule has 0 spiro atoms. The fourth-order valence-corrected chi connectivity index (χ4v) is 3.99. The second-order valence-electron chi connectivity index (χ2n) is 7.83. The van der Waals surface area contributed by atoms with Crippen molar-refractivity contribution in [3.05, 3.63) is 70.8 Å². The fraction of sp³-hybridized carbons (Fsp3) is 0.409. The van der Waals surface area contributed by atoms with Crippen LogP contribution in [0.5, 0.6) is 0 Å². The topological polar surface area (TPSA) is 56.6 Å². The third-order valence-corrected chi connectivity index (χ3v) is 5.87. The molecule has 2 aliphatic rings. The van der Waals surface area contributed by atoms with Crippen LogP contribution in [0.3, 0.4) is 0 Å². The smallest absolute Gasteiger partial charge is 0.380 e. The minimum Gasteiger partial charge on any atom is -0.380 e. The lowest BCUT2D eigenvalue weighted by Crippen LogP contribution is -2.46. The minimum absolute atomic E-state index is 0.0663. The van der Waals surface area contributed by atoms with Crippen LogP contribution in [0.4, 0.5) is 13.2 Å². The van der Waals surface area contributed by atoms with Gasteiger partial charge < -0.3 is 14.7 Å². The third-order valence-electron chi connectivity index (χ3n) is 5.87. The molecule has 0 aliphatic carbocycles. The average Bonchev–Trinajstić information content (AvgIpc) is 2.71. The van der Waals surface area contributed by atoms with Gasteiger partial charge in [-0.2, -0.15) is 13.2 Å². The Kier molecular flexibility index (Phi) is 5.12. The van der Waals surface area contributed by atoms with E-state index in [9.17, 15) is 18.3 Å². The number of aliphatic hydroxyl groups is 1. The van der Waals surface area contributed by atoms with E-state index in [-0.39, 0.29) is 19.1 Å². The summed E-state index contributed by atoms with van der Waals surface area (Å²) in [5, 5.41) is 18.8. The number of ether oxygens (including phenoxy) is 1. The average molecular weight is 404 g/mol. The molecule has 2 aliphatic heterocycles. The van der Waals surface area contributed by atoms with Crippen LogP contribution in [-0.4, -0.2) is 42.1 Å². The van der Waals surface area contributed by atoms with Gasteiger partial charge in [-0.15, -0.1) is 0 Å². The molecule has 2 saturated heterocycles. The summed E-state index contributed by atoms with van der Waals surface area (Å²) in [6, 6.07) is 12.9. The lowest BCUT2D eigenvalue weighted by atomic mass is 9.88. The van der Waals surface area contributed by atoms with E-state index in [1.165, 1.54) is 12.1 Å². The van der Waals surface area contributed by atoms with Gasteiger partial charge in [0.05, 0.1) is 18.8 Å². The molecule has 29 heavy (non-hydrogen) atoms. The number of rotatable bonds is 3. The molecule has 4 nitrogen and oxygen atoms in total. The summed E-state index contributed by atoms with van der Waals surface area (Å²) >= 11 is 0. The number of halogens is 3. The lowest BCUT2D eigenvalue weighted by molar-refractivity contribution is -0.184. The zero-order valence-electron chi connectivity index (χ0n) is 15.9. The summed E-state index contributed by atoms with van der Waals surface area (Å²) in [6.07, 6.45) is -2.92. The number of hydrogen-bond acceptors (Lipinski definition) is 3. The number of benzene rings is 2. The van der Waals surface area contributed by atoms with Gasteiger partial charge in [0.1, 0.15) is 11.4 Å². The molecule has 0 bridgehead atoms. The zero-order valence-corrected chi connectivity index (χ0v) is 15.9. The zero-order chi connectivity index (χ0) is 20.6. The van der Waals surface area contributed by atoms with Crippen molar-refractivity contribution in [2.75, 3.05) is 26.3 Å². The summed E-state index contributed by atoms with van der Waals surface area (Å²) in [6.45, 7) is 1.82. The SMILES string of the molecule is N=C(c1ccc(C2(O)COC2)cc1)N1CCC(c2cccc(C(F)(F)F)c2)CC1. The van der Waals surface area contributed by atoms with Crippen molar-refractivity contribution in [3.8, 4) is 0 Å². The first-order valence-corrected chi connectivity index (χ1v) is 9.68. The van der Waals surface area contributed by atoms with Crippen LogP contribution in [0.1, 0.15) is 41.0 Å². The van der Waals surface area contributed by atoms with Crippen molar-refractivity contribution >= 4 is 5.84 Å². The maximum Gasteiger partial charge on any atom is 0.416 e. The summed E-state index contributed by atoms with van der Waals surface area (Å²) in [5.74, 6) is 0.465. The van der Waals surface area contributed by atoms with Crippen molar-refractivity contribution in [2.45, 2.75) is 30.5 Å². The summed E-state index contributed by atoms with van der Waals surface area (Å²) in [5.41, 5.74) is 0.720. The Bertz CT molecular complexity index is 884. The number of amidine groups is 1. The van der Waals surface area contributed by atoms with Gasteiger partial charge in [-0.1, -0.05) is 42.5 Å². The van der Waals surface area contributed by atoms with E-state index < -0.39 is 17.3 Å². The predicted octanol–water partition coefficient (Wildman–Crippen LogP) is 4.13.